The average Bonchev–Trinajstić information content (AvgIpc) is 3.02. The summed E-state index contributed by atoms with van der Waals surface area (Å²) in [6.45, 7) is 0. The number of fused-ring (bicyclic) bond motifs is 2. The zero-order valence-electron chi connectivity index (χ0n) is 11.1. The number of aryl methyl sites for hydroxylation is 1. The van der Waals surface area contributed by atoms with Crippen LogP contribution in [-0.2, 0) is 7.05 Å². The number of nitrogens with one attached hydrogen (secondary N) is 1. The number of hydrogen-bond acceptors (Lipinski definition) is 2. The Hall–Kier alpha value is -2.75. The second-order valence-corrected chi connectivity index (χ2v) is 5.08. The summed E-state index contributed by atoms with van der Waals surface area (Å²) in [6, 6.07) is 14.3. The normalized spacial score (nSPS) is 11.4. The molecule has 2 heterocycles. The number of aromatic nitrogens is 3. The van der Waals surface area contributed by atoms with Crippen LogP contribution in [0.15, 0.2) is 48.7 Å². The van der Waals surface area contributed by atoms with Crippen molar-refractivity contribution in [2.24, 2.45) is 7.05 Å². The first kappa shape index (κ1) is 11.1. The highest BCUT2D eigenvalue weighted by Crippen LogP contribution is 2.29. The molecule has 2 aromatic carbocycles. The number of benzene rings is 2. The van der Waals surface area contributed by atoms with Crippen molar-refractivity contribution in [1.82, 2.24) is 14.8 Å². The van der Waals surface area contributed by atoms with Gasteiger partial charge in [0.05, 0.1) is 11.2 Å². The molecule has 0 amide bonds. The molecule has 4 rings (SSSR count). The van der Waals surface area contributed by atoms with Gasteiger partial charge in [-0.2, -0.15) is 5.10 Å². The van der Waals surface area contributed by atoms with Gasteiger partial charge in [0.1, 0.15) is 0 Å². The zero-order chi connectivity index (χ0) is 13.7. The number of H-pyrrole nitrogens is 1. The molecule has 4 heteroatoms. The third-order valence-corrected chi connectivity index (χ3v) is 3.75. The Balaban J connectivity index is 1.96. The minimum absolute atomic E-state index is 0.742. The van der Waals surface area contributed by atoms with E-state index < -0.39 is 0 Å². The van der Waals surface area contributed by atoms with E-state index in [0.29, 0.717) is 0 Å². The van der Waals surface area contributed by atoms with Gasteiger partial charge in [0.25, 0.3) is 0 Å². The molecule has 4 aromatic rings. The molecule has 20 heavy (non-hydrogen) atoms. The average molecular weight is 262 g/mol. The molecular weight excluding hydrogens is 248 g/mol. The minimum atomic E-state index is 0.742. The summed E-state index contributed by atoms with van der Waals surface area (Å²) in [5.41, 5.74) is 10.8. The number of hydrogen-bond donors (Lipinski definition) is 2. The third kappa shape index (κ3) is 1.51. The highest BCUT2D eigenvalue weighted by molar-refractivity contribution is 5.96. The zero-order valence-corrected chi connectivity index (χ0v) is 11.1. The van der Waals surface area contributed by atoms with Crippen LogP contribution in [0.4, 0.5) is 5.69 Å². The van der Waals surface area contributed by atoms with Crippen molar-refractivity contribution in [1.29, 1.82) is 0 Å². The van der Waals surface area contributed by atoms with Crippen LogP contribution in [0.1, 0.15) is 0 Å². The molecule has 4 nitrogen and oxygen atoms in total. The number of nitrogens with zero attached hydrogens (tertiary/aromatic N) is 2. The van der Waals surface area contributed by atoms with Gasteiger partial charge in [-0.25, -0.2) is 0 Å². The molecule has 0 aliphatic carbocycles. The van der Waals surface area contributed by atoms with Crippen molar-refractivity contribution >= 4 is 27.5 Å². The van der Waals surface area contributed by atoms with Crippen molar-refractivity contribution in [2.75, 3.05) is 5.73 Å². The summed E-state index contributed by atoms with van der Waals surface area (Å²) >= 11 is 0. The van der Waals surface area contributed by atoms with Crippen molar-refractivity contribution in [2.45, 2.75) is 0 Å². The smallest absolute Gasteiger partial charge is 0.0999 e. The van der Waals surface area contributed by atoms with Crippen molar-refractivity contribution in [3.05, 3.63) is 48.7 Å². The van der Waals surface area contributed by atoms with Crippen LogP contribution in [-0.4, -0.2) is 14.8 Å². The summed E-state index contributed by atoms with van der Waals surface area (Å²) in [5.74, 6) is 0. The van der Waals surface area contributed by atoms with Crippen molar-refractivity contribution in [3.8, 4) is 11.3 Å². The Morgan fingerprint density at radius 3 is 2.90 bits per heavy atom. The van der Waals surface area contributed by atoms with E-state index >= 15 is 0 Å². The summed E-state index contributed by atoms with van der Waals surface area (Å²) in [4.78, 5) is 0. The van der Waals surface area contributed by atoms with Crippen LogP contribution in [0.25, 0.3) is 33.1 Å². The fourth-order valence-electron chi connectivity index (χ4n) is 2.69. The third-order valence-electron chi connectivity index (χ3n) is 3.75. The number of anilines is 1. The number of aromatic amines is 1. The van der Waals surface area contributed by atoms with E-state index in [1.54, 1.807) is 0 Å². The molecule has 98 valence electrons. The summed E-state index contributed by atoms with van der Waals surface area (Å²) < 4.78 is 2.11. The molecule has 0 radical (unpaired) electrons. The molecule has 0 spiro atoms. The minimum Gasteiger partial charge on any atom is -0.399 e. The predicted octanol–water partition coefficient (Wildman–Crippen LogP) is 3.30. The lowest BCUT2D eigenvalue weighted by molar-refractivity contribution is 0.969. The molecule has 0 atom stereocenters. The van der Waals surface area contributed by atoms with Crippen LogP contribution in [0, 0.1) is 0 Å². The molecule has 0 aliphatic heterocycles. The lowest BCUT2D eigenvalue weighted by atomic mass is 10.1. The van der Waals surface area contributed by atoms with Gasteiger partial charge < -0.3 is 10.3 Å². The van der Waals surface area contributed by atoms with Crippen LogP contribution in [0.5, 0.6) is 0 Å². The van der Waals surface area contributed by atoms with Gasteiger partial charge in [0.15, 0.2) is 0 Å². The molecule has 0 saturated carbocycles. The Kier molecular flexibility index (Phi) is 2.15. The SMILES string of the molecule is Cn1ccc2cc(-c3n[nH]c4cc(N)ccc34)ccc21. The molecule has 2 aromatic heterocycles. The molecule has 3 N–H and O–H groups in total. The van der Waals surface area contributed by atoms with Gasteiger partial charge in [-0.15, -0.1) is 0 Å². The van der Waals surface area contributed by atoms with Gasteiger partial charge in [-0.1, -0.05) is 6.07 Å². The molecule has 0 fully saturated rings. The van der Waals surface area contributed by atoms with Crippen molar-refractivity contribution in [3.63, 3.8) is 0 Å². The first-order chi connectivity index (χ1) is 9.72. The highest BCUT2D eigenvalue weighted by atomic mass is 15.1. The predicted molar refractivity (Wildman–Crippen MR) is 82.4 cm³/mol. The Morgan fingerprint density at radius 2 is 2.00 bits per heavy atom. The maximum absolute atomic E-state index is 5.80. The van der Waals surface area contributed by atoms with Crippen LogP contribution in [0.2, 0.25) is 0 Å². The van der Waals surface area contributed by atoms with E-state index in [-0.39, 0.29) is 0 Å². The highest BCUT2D eigenvalue weighted by Gasteiger charge is 2.09. The first-order valence-electron chi connectivity index (χ1n) is 6.51. The molecular formula is C16H14N4. The molecule has 0 saturated heterocycles. The van der Waals surface area contributed by atoms with Gasteiger partial charge in [-0.05, 0) is 36.4 Å². The second kappa shape index (κ2) is 3.87. The summed E-state index contributed by atoms with van der Waals surface area (Å²) in [5, 5.41) is 9.79. The molecule has 0 aliphatic rings. The van der Waals surface area contributed by atoms with E-state index in [1.807, 2.05) is 18.2 Å². The number of rotatable bonds is 1. The van der Waals surface area contributed by atoms with E-state index in [0.717, 1.165) is 27.8 Å². The largest absolute Gasteiger partial charge is 0.399 e. The fourth-order valence-corrected chi connectivity index (χ4v) is 2.69. The van der Waals surface area contributed by atoms with E-state index in [4.69, 9.17) is 5.73 Å². The van der Waals surface area contributed by atoms with Gasteiger partial charge in [-0.3, -0.25) is 5.10 Å². The van der Waals surface area contributed by atoms with Crippen molar-refractivity contribution < 1.29 is 0 Å². The fraction of sp³-hybridized carbons (Fsp3) is 0.0625. The van der Waals surface area contributed by atoms with E-state index in [1.165, 1.54) is 10.9 Å². The topological polar surface area (TPSA) is 59.6 Å². The number of nitrogen functional groups attached to an aromatic ring is 1. The quantitative estimate of drug-likeness (QED) is 0.517. The lowest BCUT2D eigenvalue weighted by Gasteiger charge is -2.01. The maximum Gasteiger partial charge on any atom is 0.0999 e. The Morgan fingerprint density at radius 1 is 1.10 bits per heavy atom. The Labute approximate surface area is 115 Å². The monoisotopic (exact) mass is 262 g/mol. The van der Waals surface area contributed by atoms with E-state index in [2.05, 4.69) is 52.3 Å². The van der Waals surface area contributed by atoms with Crippen LogP contribution >= 0.6 is 0 Å². The second-order valence-electron chi connectivity index (χ2n) is 5.08. The van der Waals surface area contributed by atoms with Crippen LogP contribution in [0.3, 0.4) is 0 Å². The lowest BCUT2D eigenvalue weighted by Crippen LogP contribution is -1.85. The van der Waals surface area contributed by atoms with Crippen LogP contribution < -0.4 is 5.73 Å². The van der Waals surface area contributed by atoms with Gasteiger partial charge in [0.2, 0.25) is 0 Å². The molecule has 0 bridgehead atoms. The van der Waals surface area contributed by atoms with Gasteiger partial charge in [0, 0.05) is 40.8 Å². The summed E-state index contributed by atoms with van der Waals surface area (Å²) in [6.07, 6.45) is 2.07. The van der Waals surface area contributed by atoms with E-state index in [9.17, 15) is 0 Å². The first-order valence-corrected chi connectivity index (χ1v) is 6.51. The maximum atomic E-state index is 5.80. The molecule has 0 unspecified atom stereocenters. The number of nitrogens with two attached hydrogens (primary N) is 1. The summed E-state index contributed by atoms with van der Waals surface area (Å²) in [7, 11) is 2.05. The Bertz CT molecular complexity index is 930. The van der Waals surface area contributed by atoms with Gasteiger partial charge >= 0.3 is 0 Å². The standard InChI is InChI=1S/C16H14N4/c1-20-7-6-10-8-11(2-5-15(10)20)16-13-4-3-12(17)9-14(13)18-19-16/h2-9H,17H2,1H3,(H,18,19).